The van der Waals surface area contributed by atoms with Gasteiger partial charge in [0.05, 0.1) is 24.6 Å². The summed E-state index contributed by atoms with van der Waals surface area (Å²) in [5.74, 6) is 0. The van der Waals surface area contributed by atoms with E-state index in [2.05, 4.69) is 23.2 Å². The number of nitriles is 1. The zero-order valence-corrected chi connectivity index (χ0v) is 9.36. The topological polar surface area (TPSA) is 48.3 Å². The van der Waals surface area contributed by atoms with Crippen molar-refractivity contribution >= 4 is 11.4 Å². The predicted octanol–water partition coefficient (Wildman–Crippen LogP) is 1.72. The third kappa shape index (κ3) is 2.10. The standard InChI is InChI=1S/C12H15N3O/c1-10-3-2-4-11(14-9-13)12(10)15-5-7-16-8-6-15/h2-4,14H,5-8H2,1H3. The van der Waals surface area contributed by atoms with Crippen LogP contribution in [0.4, 0.5) is 11.4 Å². The number of nitrogens with zero attached hydrogens (tertiary/aromatic N) is 2. The quantitative estimate of drug-likeness (QED) is 0.605. The molecule has 0 saturated carbocycles. The van der Waals surface area contributed by atoms with Gasteiger partial charge in [-0.05, 0) is 18.6 Å². The fourth-order valence-electron chi connectivity index (χ4n) is 2.03. The van der Waals surface area contributed by atoms with E-state index in [1.807, 2.05) is 18.3 Å². The molecule has 0 aliphatic carbocycles. The zero-order chi connectivity index (χ0) is 11.4. The van der Waals surface area contributed by atoms with Gasteiger partial charge in [0.2, 0.25) is 0 Å². The summed E-state index contributed by atoms with van der Waals surface area (Å²) in [5, 5.41) is 11.5. The summed E-state index contributed by atoms with van der Waals surface area (Å²) in [5.41, 5.74) is 3.18. The monoisotopic (exact) mass is 217 g/mol. The molecule has 2 rings (SSSR count). The van der Waals surface area contributed by atoms with Crippen molar-refractivity contribution in [3.63, 3.8) is 0 Å². The predicted molar refractivity (Wildman–Crippen MR) is 63.4 cm³/mol. The van der Waals surface area contributed by atoms with Gasteiger partial charge in [0.1, 0.15) is 0 Å². The van der Waals surface area contributed by atoms with Gasteiger partial charge in [-0.25, -0.2) is 0 Å². The van der Waals surface area contributed by atoms with Gasteiger partial charge < -0.3 is 9.64 Å². The van der Waals surface area contributed by atoms with Crippen molar-refractivity contribution in [1.29, 1.82) is 5.26 Å². The van der Waals surface area contributed by atoms with E-state index in [0.29, 0.717) is 0 Å². The molecule has 0 amide bonds. The minimum absolute atomic E-state index is 0.750. The highest BCUT2D eigenvalue weighted by Gasteiger charge is 2.16. The minimum Gasteiger partial charge on any atom is -0.378 e. The number of benzene rings is 1. The van der Waals surface area contributed by atoms with Crippen LogP contribution in [0.3, 0.4) is 0 Å². The second kappa shape index (κ2) is 4.86. The van der Waals surface area contributed by atoms with Crippen LogP contribution in [-0.4, -0.2) is 26.3 Å². The van der Waals surface area contributed by atoms with Crippen LogP contribution in [0.15, 0.2) is 18.2 Å². The highest BCUT2D eigenvalue weighted by atomic mass is 16.5. The summed E-state index contributed by atoms with van der Waals surface area (Å²) in [6, 6.07) is 5.95. The van der Waals surface area contributed by atoms with Crippen molar-refractivity contribution in [1.82, 2.24) is 0 Å². The van der Waals surface area contributed by atoms with Crippen molar-refractivity contribution in [2.45, 2.75) is 6.92 Å². The Morgan fingerprint density at radius 3 is 2.81 bits per heavy atom. The van der Waals surface area contributed by atoms with Crippen LogP contribution >= 0.6 is 0 Å². The molecule has 4 heteroatoms. The van der Waals surface area contributed by atoms with Gasteiger partial charge >= 0.3 is 0 Å². The first kappa shape index (κ1) is 10.8. The number of aryl methyl sites for hydroxylation is 1. The van der Waals surface area contributed by atoms with Crippen LogP contribution < -0.4 is 10.2 Å². The van der Waals surface area contributed by atoms with Gasteiger partial charge in [-0.15, -0.1) is 0 Å². The molecule has 0 spiro atoms. The molecule has 1 saturated heterocycles. The van der Waals surface area contributed by atoms with E-state index in [-0.39, 0.29) is 0 Å². The van der Waals surface area contributed by atoms with Crippen LogP contribution in [0, 0.1) is 18.4 Å². The number of morpholine rings is 1. The van der Waals surface area contributed by atoms with E-state index < -0.39 is 0 Å². The first-order valence-corrected chi connectivity index (χ1v) is 5.40. The summed E-state index contributed by atoms with van der Waals surface area (Å²) in [7, 11) is 0. The summed E-state index contributed by atoms with van der Waals surface area (Å²) in [4.78, 5) is 2.26. The first-order chi connectivity index (χ1) is 7.83. The molecule has 0 atom stereocenters. The molecule has 1 N–H and O–H groups in total. The van der Waals surface area contributed by atoms with E-state index in [9.17, 15) is 0 Å². The Balaban J connectivity index is 2.33. The van der Waals surface area contributed by atoms with Crippen LogP contribution in [0.1, 0.15) is 5.56 Å². The van der Waals surface area contributed by atoms with E-state index in [1.54, 1.807) is 0 Å². The number of ether oxygens (including phenoxy) is 1. The SMILES string of the molecule is Cc1cccc(NC#N)c1N1CCOCC1. The number of rotatable bonds is 2. The molecule has 0 aromatic heterocycles. The summed E-state index contributed by atoms with van der Waals surface area (Å²) in [6.07, 6.45) is 1.98. The first-order valence-electron chi connectivity index (χ1n) is 5.40. The molecule has 1 aromatic rings. The average molecular weight is 217 g/mol. The van der Waals surface area contributed by atoms with Crippen LogP contribution in [0.5, 0.6) is 0 Å². The molecular formula is C12H15N3O. The second-order valence-electron chi connectivity index (χ2n) is 3.81. The highest BCUT2D eigenvalue weighted by Crippen LogP contribution is 2.30. The molecule has 16 heavy (non-hydrogen) atoms. The van der Waals surface area contributed by atoms with Gasteiger partial charge in [-0.3, -0.25) is 5.32 Å². The summed E-state index contributed by atoms with van der Waals surface area (Å²) >= 11 is 0. The molecule has 0 bridgehead atoms. The normalized spacial score (nSPS) is 15.6. The fraction of sp³-hybridized carbons (Fsp3) is 0.417. The Morgan fingerprint density at radius 1 is 1.38 bits per heavy atom. The van der Waals surface area contributed by atoms with Crippen LogP contribution in [0.25, 0.3) is 0 Å². The molecular weight excluding hydrogens is 202 g/mol. The lowest BCUT2D eigenvalue weighted by molar-refractivity contribution is 0.122. The van der Waals surface area contributed by atoms with E-state index in [1.165, 1.54) is 5.56 Å². The van der Waals surface area contributed by atoms with Crippen molar-refractivity contribution < 1.29 is 4.74 Å². The third-order valence-corrected chi connectivity index (χ3v) is 2.76. The van der Waals surface area contributed by atoms with E-state index in [4.69, 9.17) is 10.00 Å². The Bertz CT molecular complexity index is 405. The maximum atomic E-state index is 8.73. The largest absolute Gasteiger partial charge is 0.378 e. The van der Waals surface area contributed by atoms with Crippen molar-refractivity contribution in [2.75, 3.05) is 36.5 Å². The summed E-state index contributed by atoms with van der Waals surface area (Å²) in [6.45, 7) is 5.32. The number of anilines is 2. The number of hydrogen-bond donors (Lipinski definition) is 1. The minimum atomic E-state index is 0.750. The molecule has 1 fully saturated rings. The molecule has 1 aromatic carbocycles. The van der Waals surface area contributed by atoms with Gasteiger partial charge in [0.15, 0.2) is 6.19 Å². The second-order valence-corrected chi connectivity index (χ2v) is 3.81. The lowest BCUT2D eigenvalue weighted by Crippen LogP contribution is -2.37. The Morgan fingerprint density at radius 2 is 2.12 bits per heavy atom. The Labute approximate surface area is 95.4 Å². The van der Waals surface area contributed by atoms with Gasteiger partial charge in [-0.2, -0.15) is 5.26 Å². The molecule has 84 valence electrons. The average Bonchev–Trinajstić information content (AvgIpc) is 2.31. The third-order valence-electron chi connectivity index (χ3n) is 2.76. The molecule has 4 nitrogen and oxygen atoms in total. The molecule has 1 aliphatic heterocycles. The van der Waals surface area contributed by atoms with Crippen molar-refractivity contribution in [2.24, 2.45) is 0 Å². The van der Waals surface area contributed by atoms with E-state index in [0.717, 1.165) is 37.7 Å². The Hall–Kier alpha value is -1.73. The van der Waals surface area contributed by atoms with Crippen LogP contribution in [-0.2, 0) is 4.74 Å². The lowest BCUT2D eigenvalue weighted by Gasteiger charge is -2.31. The van der Waals surface area contributed by atoms with Crippen molar-refractivity contribution in [3.8, 4) is 6.19 Å². The molecule has 1 aliphatic rings. The lowest BCUT2D eigenvalue weighted by atomic mass is 10.1. The molecule has 0 radical (unpaired) electrons. The van der Waals surface area contributed by atoms with Gasteiger partial charge in [0, 0.05) is 13.1 Å². The highest BCUT2D eigenvalue weighted by molar-refractivity contribution is 5.74. The maximum absolute atomic E-state index is 8.73. The van der Waals surface area contributed by atoms with E-state index >= 15 is 0 Å². The van der Waals surface area contributed by atoms with Crippen molar-refractivity contribution in [3.05, 3.63) is 23.8 Å². The fourth-order valence-corrected chi connectivity index (χ4v) is 2.03. The number of nitrogens with one attached hydrogen (secondary N) is 1. The smallest absolute Gasteiger partial charge is 0.181 e. The summed E-state index contributed by atoms with van der Waals surface area (Å²) < 4.78 is 5.33. The number of hydrogen-bond acceptors (Lipinski definition) is 4. The Kier molecular flexibility index (Phi) is 3.28. The van der Waals surface area contributed by atoms with Gasteiger partial charge in [0.25, 0.3) is 0 Å². The number of para-hydroxylation sites is 1. The zero-order valence-electron chi connectivity index (χ0n) is 9.36. The van der Waals surface area contributed by atoms with Gasteiger partial charge in [-0.1, -0.05) is 12.1 Å². The molecule has 0 unspecified atom stereocenters. The maximum Gasteiger partial charge on any atom is 0.181 e. The van der Waals surface area contributed by atoms with Crippen LogP contribution in [0.2, 0.25) is 0 Å². The molecule has 1 heterocycles.